The number of carbonyl (C=O) groups excluding carboxylic acids is 1. The Morgan fingerprint density at radius 1 is 1.14 bits per heavy atom. The van der Waals surface area contributed by atoms with Crippen LogP contribution in [0.15, 0.2) is 42.5 Å². The third kappa shape index (κ3) is 3.82. The van der Waals surface area contributed by atoms with Crippen LogP contribution in [-0.4, -0.2) is 25.0 Å². The highest BCUT2D eigenvalue weighted by molar-refractivity contribution is 5.85. The zero-order valence-corrected chi connectivity index (χ0v) is 12.3. The van der Waals surface area contributed by atoms with E-state index in [4.69, 9.17) is 0 Å². The first kappa shape index (κ1) is 14.1. The second-order valence-corrected chi connectivity index (χ2v) is 5.82. The largest absolute Gasteiger partial charge is 0.352 e. The summed E-state index contributed by atoms with van der Waals surface area (Å²) in [5, 5.41) is 8.94. The van der Waals surface area contributed by atoms with Crippen molar-refractivity contribution in [3.05, 3.63) is 48.0 Å². The molecule has 0 spiro atoms. The molecule has 110 valence electrons. The first-order valence-corrected chi connectivity index (χ1v) is 7.79. The van der Waals surface area contributed by atoms with Crippen molar-refractivity contribution in [1.29, 1.82) is 0 Å². The number of hydrogen-bond acceptors (Lipinski definition) is 2. The maximum absolute atomic E-state index is 12.2. The Kier molecular flexibility index (Phi) is 4.51. The fraction of sp³-hybridized carbons (Fsp3) is 0.389. The van der Waals surface area contributed by atoms with Crippen molar-refractivity contribution < 1.29 is 4.79 Å². The van der Waals surface area contributed by atoms with Crippen LogP contribution in [0.1, 0.15) is 24.8 Å². The van der Waals surface area contributed by atoms with Crippen LogP contribution in [0.5, 0.6) is 0 Å². The number of hydrogen-bond donors (Lipinski definition) is 2. The highest BCUT2D eigenvalue weighted by Crippen LogP contribution is 2.16. The Labute approximate surface area is 125 Å². The maximum atomic E-state index is 12.2. The lowest BCUT2D eigenvalue weighted by Crippen LogP contribution is -2.41. The summed E-state index contributed by atoms with van der Waals surface area (Å²) in [6.45, 7) is 1.96. The molecule has 0 aromatic heterocycles. The number of amides is 1. The molecule has 0 bridgehead atoms. The zero-order valence-electron chi connectivity index (χ0n) is 12.3. The van der Waals surface area contributed by atoms with Gasteiger partial charge in [-0.05, 0) is 35.7 Å². The van der Waals surface area contributed by atoms with Gasteiger partial charge in [0.25, 0.3) is 0 Å². The molecule has 0 saturated carbocycles. The van der Waals surface area contributed by atoms with Crippen molar-refractivity contribution in [2.75, 3.05) is 13.1 Å². The Bertz CT molecular complexity index is 615. The van der Waals surface area contributed by atoms with Crippen molar-refractivity contribution in [3.63, 3.8) is 0 Å². The molecule has 21 heavy (non-hydrogen) atoms. The average molecular weight is 282 g/mol. The zero-order chi connectivity index (χ0) is 14.5. The fourth-order valence-electron chi connectivity index (χ4n) is 2.96. The number of fused-ring (bicyclic) bond motifs is 1. The normalized spacial score (nSPS) is 19.1. The van der Waals surface area contributed by atoms with Gasteiger partial charge in [-0.2, -0.15) is 0 Å². The second kappa shape index (κ2) is 6.72. The van der Waals surface area contributed by atoms with E-state index in [0.29, 0.717) is 6.42 Å². The summed E-state index contributed by atoms with van der Waals surface area (Å²) in [6.07, 6.45) is 3.93. The predicted molar refractivity (Wildman–Crippen MR) is 86.3 cm³/mol. The van der Waals surface area contributed by atoms with Crippen LogP contribution in [0.25, 0.3) is 10.8 Å². The molecule has 2 aromatic carbocycles. The molecule has 1 fully saturated rings. The van der Waals surface area contributed by atoms with Gasteiger partial charge in [0, 0.05) is 12.6 Å². The summed E-state index contributed by atoms with van der Waals surface area (Å²) in [6, 6.07) is 14.8. The van der Waals surface area contributed by atoms with Gasteiger partial charge in [-0.15, -0.1) is 0 Å². The van der Waals surface area contributed by atoms with Crippen LogP contribution in [0.3, 0.4) is 0 Å². The van der Waals surface area contributed by atoms with Crippen LogP contribution in [0.4, 0.5) is 0 Å². The van der Waals surface area contributed by atoms with E-state index < -0.39 is 0 Å². The number of carbonyl (C=O) groups is 1. The van der Waals surface area contributed by atoms with Gasteiger partial charge in [-0.1, -0.05) is 48.9 Å². The van der Waals surface area contributed by atoms with Crippen LogP contribution >= 0.6 is 0 Å². The minimum absolute atomic E-state index is 0.124. The van der Waals surface area contributed by atoms with Gasteiger partial charge >= 0.3 is 0 Å². The quantitative estimate of drug-likeness (QED) is 0.908. The molecule has 1 unspecified atom stereocenters. The third-order valence-electron chi connectivity index (χ3n) is 4.09. The van der Waals surface area contributed by atoms with Gasteiger partial charge in [0.15, 0.2) is 0 Å². The summed E-state index contributed by atoms with van der Waals surface area (Å²) in [7, 11) is 0. The molecule has 1 atom stereocenters. The van der Waals surface area contributed by atoms with Crippen LogP contribution < -0.4 is 10.6 Å². The SMILES string of the molecule is O=C(Cc1ccc2ccccc2c1)NC1CCCCNC1. The lowest BCUT2D eigenvalue weighted by atomic mass is 10.0. The molecule has 1 heterocycles. The van der Waals surface area contributed by atoms with Gasteiger partial charge < -0.3 is 10.6 Å². The Morgan fingerprint density at radius 3 is 2.90 bits per heavy atom. The minimum Gasteiger partial charge on any atom is -0.352 e. The van der Waals surface area contributed by atoms with Crippen molar-refractivity contribution in [2.45, 2.75) is 31.7 Å². The van der Waals surface area contributed by atoms with E-state index in [2.05, 4.69) is 34.9 Å². The van der Waals surface area contributed by atoms with E-state index in [0.717, 1.165) is 25.1 Å². The molecule has 1 aliphatic rings. The van der Waals surface area contributed by atoms with Gasteiger partial charge in [-0.3, -0.25) is 4.79 Å². The van der Waals surface area contributed by atoms with E-state index in [-0.39, 0.29) is 11.9 Å². The van der Waals surface area contributed by atoms with Crippen molar-refractivity contribution in [2.24, 2.45) is 0 Å². The van der Waals surface area contributed by atoms with E-state index in [1.54, 1.807) is 0 Å². The number of rotatable bonds is 3. The molecular formula is C18H22N2O. The summed E-state index contributed by atoms with van der Waals surface area (Å²) >= 11 is 0. The van der Waals surface area contributed by atoms with Crippen LogP contribution in [0.2, 0.25) is 0 Å². The van der Waals surface area contributed by atoms with E-state index >= 15 is 0 Å². The standard InChI is InChI=1S/C18H22N2O/c21-18(20-17-7-3-4-10-19-13-17)12-14-8-9-15-5-1-2-6-16(15)11-14/h1-2,5-6,8-9,11,17,19H,3-4,7,10,12-13H2,(H,20,21). The molecule has 3 heteroatoms. The molecule has 3 nitrogen and oxygen atoms in total. The second-order valence-electron chi connectivity index (χ2n) is 5.82. The number of benzene rings is 2. The smallest absolute Gasteiger partial charge is 0.224 e. The van der Waals surface area contributed by atoms with Gasteiger partial charge in [-0.25, -0.2) is 0 Å². The lowest BCUT2D eigenvalue weighted by molar-refractivity contribution is -0.121. The van der Waals surface area contributed by atoms with Crippen molar-refractivity contribution in [1.82, 2.24) is 10.6 Å². The molecule has 1 saturated heterocycles. The Hall–Kier alpha value is -1.87. The topological polar surface area (TPSA) is 41.1 Å². The molecule has 0 aliphatic carbocycles. The lowest BCUT2D eigenvalue weighted by Gasteiger charge is -2.16. The monoisotopic (exact) mass is 282 g/mol. The molecule has 1 amide bonds. The number of nitrogens with one attached hydrogen (secondary N) is 2. The van der Waals surface area contributed by atoms with Gasteiger partial charge in [0.05, 0.1) is 6.42 Å². The maximum Gasteiger partial charge on any atom is 0.224 e. The molecule has 2 N–H and O–H groups in total. The average Bonchev–Trinajstić information content (AvgIpc) is 2.75. The van der Waals surface area contributed by atoms with Gasteiger partial charge in [0.1, 0.15) is 0 Å². The molecular weight excluding hydrogens is 260 g/mol. The Balaban J connectivity index is 1.62. The Morgan fingerprint density at radius 2 is 2.00 bits per heavy atom. The fourth-order valence-corrected chi connectivity index (χ4v) is 2.96. The highest BCUT2D eigenvalue weighted by Gasteiger charge is 2.14. The highest BCUT2D eigenvalue weighted by atomic mass is 16.1. The summed E-state index contributed by atoms with van der Waals surface area (Å²) in [5.74, 6) is 0.124. The van der Waals surface area contributed by atoms with Crippen LogP contribution in [-0.2, 0) is 11.2 Å². The molecule has 0 radical (unpaired) electrons. The minimum atomic E-state index is 0.124. The molecule has 1 aliphatic heterocycles. The van der Waals surface area contributed by atoms with E-state index in [1.807, 2.05) is 18.2 Å². The first-order chi connectivity index (χ1) is 10.3. The summed E-state index contributed by atoms with van der Waals surface area (Å²) in [5.41, 5.74) is 1.08. The molecule has 3 rings (SSSR count). The van der Waals surface area contributed by atoms with Gasteiger partial charge in [0.2, 0.25) is 5.91 Å². The molecule has 2 aromatic rings. The first-order valence-electron chi connectivity index (χ1n) is 7.79. The van der Waals surface area contributed by atoms with Crippen molar-refractivity contribution in [3.8, 4) is 0 Å². The third-order valence-corrected chi connectivity index (χ3v) is 4.09. The summed E-state index contributed by atoms with van der Waals surface area (Å²) in [4.78, 5) is 12.2. The van der Waals surface area contributed by atoms with E-state index in [1.165, 1.54) is 23.6 Å². The predicted octanol–water partition coefficient (Wildman–Crippen LogP) is 2.64. The van der Waals surface area contributed by atoms with Crippen molar-refractivity contribution >= 4 is 16.7 Å². The van der Waals surface area contributed by atoms with Crippen LogP contribution in [0, 0.1) is 0 Å². The summed E-state index contributed by atoms with van der Waals surface area (Å²) < 4.78 is 0. The van der Waals surface area contributed by atoms with E-state index in [9.17, 15) is 4.79 Å².